The molecule has 1 atom stereocenters. The first-order valence-corrected chi connectivity index (χ1v) is 5.88. The zero-order valence-electron chi connectivity index (χ0n) is 10.4. The highest BCUT2D eigenvalue weighted by atomic mass is 35.5. The van der Waals surface area contributed by atoms with Crippen molar-refractivity contribution in [3.63, 3.8) is 0 Å². The van der Waals surface area contributed by atoms with Crippen molar-refractivity contribution in [3.8, 4) is 0 Å². The van der Waals surface area contributed by atoms with Crippen molar-refractivity contribution < 1.29 is 9.53 Å². The van der Waals surface area contributed by atoms with Gasteiger partial charge in [-0.25, -0.2) is 0 Å². The fourth-order valence-electron chi connectivity index (χ4n) is 1.38. The molecule has 0 amide bonds. The van der Waals surface area contributed by atoms with Crippen LogP contribution in [0.15, 0.2) is 24.3 Å². The smallest absolute Gasteiger partial charge is 0.323 e. The molecular weight excluding hydrogens is 238 g/mol. The van der Waals surface area contributed by atoms with E-state index in [9.17, 15) is 4.79 Å². The van der Waals surface area contributed by atoms with Gasteiger partial charge in [0.1, 0.15) is 11.6 Å². The maximum atomic E-state index is 11.7. The summed E-state index contributed by atoms with van der Waals surface area (Å²) in [5, 5.41) is 0.638. The average molecular weight is 256 g/mol. The Kier molecular flexibility index (Phi) is 4.54. The molecule has 0 heterocycles. The first-order chi connectivity index (χ1) is 7.78. The van der Waals surface area contributed by atoms with E-state index in [4.69, 9.17) is 22.1 Å². The summed E-state index contributed by atoms with van der Waals surface area (Å²) in [5.41, 5.74) is 6.20. The lowest BCUT2D eigenvalue weighted by Crippen LogP contribution is -2.38. The summed E-state index contributed by atoms with van der Waals surface area (Å²) in [5.74, 6) is -0.391. The Morgan fingerprint density at radius 1 is 1.47 bits per heavy atom. The van der Waals surface area contributed by atoms with Gasteiger partial charge in [-0.2, -0.15) is 0 Å². The fraction of sp³-hybridized carbons (Fsp3) is 0.462. The van der Waals surface area contributed by atoms with E-state index in [1.54, 1.807) is 12.1 Å². The number of hydrogen-bond donors (Lipinski definition) is 1. The number of esters is 1. The molecule has 94 valence electrons. The summed E-state index contributed by atoms with van der Waals surface area (Å²) in [6, 6.07) is 6.64. The molecule has 0 saturated heterocycles. The predicted octanol–water partition coefficient (Wildman–Crippen LogP) is 2.55. The van der Waals surface area contributed by atoms with Gasteiger partial charge in [-0.1, -0.05) is 23.7 Å². The molecule has 0 radical (unpaired) electrons. The van der Waals surface area contributed by atoms with Crippen LogP contribution in [-0.4, -0.2) is 17.6 Å². The lowest BCUT2D eigenvalue weighted by atomic mass is 10.1. The zero-order valence-corrected chi connectivity index (χ0v) is 11.1. The number of benzene rings is 1. The molecule has 0 aromatic heterocycles. The van der Waals surface area contributed by atoms with Crippen molar-refractivity contribution in [1.29, 1.82) is 0 Å². The SMILES string of the molecule is CC(C)(C)OC(=O)[C@@H](N)Cc1cccc(Cl)c1. The molecule has 0 unspecified atom stereocenters. The molecule has 3 nitrogen and oxygen atoms in total. The number of ether oxygens (including phenoxy) is 1. The van der Waals surface area contributed by atoms with E-state index < -0.39 is 17.6 Å². The number of nitrogens with two attached hydrogens (primary N) is 1. The van der Waals surface area contributed by atoms with Gasteiger partial charge >= 0.3 is 5.97 Å². The van der Waals surface area contributed by atoms with Gasteiger partial charge in [-0.15, -0.1) is 0 Å². The second-order valence-corrected chi connectivity index (χ2v) is 5.41. The summed E-state index contributed by atoms with van der Waals surface area (Å²) in [4.78, 5) is 11.7. The first-order valence-electron chi connectivity index (χ1n) is 5.51. The van der Waals surface area contributed by atoms with Gasteiger partial charge in [-0.05, 0) is 44.9 Å². The molecule has 4 heteroatoms. The molecule has 0 aliphatic carbocycles. The quantitative estimate of drug-likeness (QED) is 0.845. The molecule has 0 spiro atoms. The van der Waals surface area contributed by atoms with Gasteiger partial charge in [0.05, 0.1) is 0 Å². The highest BCUT2D eigenvalue weighted by Crippen LogP contribution is 2.13. The Labute approximate surface area is 107 Å². The normalized spacial score (nSPS) is 13.2. The average Bonchev–Trinajstić information content (AvgIpc) is 2.14. The summed E-state index contributed by atoms with van der Waals surface area (Å²) in [6.45, 7) is 5.45. The third-order valence-corrected chi connectivity index (χ3v) is 2.29. The van der Waals surface area contributed by atoms with Gasteiger partial charge in [0.25, 0.3) is 0 Å². The van der Waals surface area contributed by atoms with E-state index in [2.05, 4.69) is 0 Å². The maximum absolute atomic E-state index is 11.7. The Balaban J connectivity index is 2.60. The summed E-state index contributed by atoms with van der Waals surface area (Å²) in [7, 11) is 0. The first kappa shape index (κ1) is 14.0. The summed E-state index contributed by atoms with van der Waals surface area (Å²) < 4.78 is 5.21. The van der Waals surface area contributed by atoms with Crippen LogP contribution in [0, 0.1) is 0 Å². The van der Waals surface area contributed by atoms with Crippen LogP contribution >= 0.6 is 11.6 Å². The predicted molar refractivity (Wildman–Crippen MR) is 69.0 cm³/mol. The minimum Gasteiger partial charge on any atom is -0.459 e. The van der Waals surface area contributed by atoms with Gasteiger partial charge in [0, 0.05) is 5.02 Å². The number of carbonyl (C=O) groups excluding carboxylic acids is 1. The van der Waals surface area contributed by atoms with Crippen molar-refractivity contribution >= 4 is 17.6 Å². The molecule has 17 heavy (non-hydrogen) atoms. The molecule has 1 rings (SSSR count). The van der Waals surface area contributed by atoms with Crippen LogP contribution in [0.5, 0.6) is 0 Å². The van der Waals surface area contributed by atoms with Crippen LogP contribution < -0.4 is 5.73 Å². The van der Waals surface area contributed by atoms with Crippen LogP contribution in [-0.2, 0) is 16.0 Å². The van der Waals surface area contributed by atoms with E-state index in [0.29, 0.717) is 11.4 Å². The largest absolute Gasteiger partial charge is 0.459 e. The fourth-order valence-corrected chi connectivity index (χ4v) is 1.59. The van der Waals surface area contributed by atoms with Crippen molar-refractivity contribution in [2.24, 2.45) is 5.73 Å². The van der Waals surface area contributed by atoms with Crippen molar-refractivity contribution in [1.82, 2.24) is 0 Å². The van der Waals surface area contributed by atoms with E-state index >= 15 is 0 Å². The van der Waals surface area contributed by atoms with Gasteiger partial charge in [0.2, 0.25) is 0 Å². The number of rotatable bonds is 3. The van der Waals surface area contributed by atoms with E-state index in [1.165, 1.54) is 0 Å². The summed E-state index contributed by atoms with van der Waals surface area (Å²) >= 11 is 5.86. The molecule has 1 aromatic carbocycles. The second kappa shape index (κ2) is 5.52. The molecule has 0 aliphatic heterocycles. The minimum absolute atomic E-state index is 0.391. The number of halogens is 1. The van der Waals surface area contributed by atoms with Gasteiger partial charge in [0.15, 0.2) is 0 Å². The molecule has 0 aliphatic rings. The topological polar surface area (TPSA) is 52.3 Å². The Morgan fingerprint density at radius 2 is 2.12 bits per heavy atom. The van der Waals surface area contributed by atoms with Crippen molar-refractivity contribution in [3.05, 3.63) is 34.9 Å². The molecule has 0 fully saturated rings. The highest BCUT2D eigenvalue weighted by molar-refractivity contribution is 6.30. The van der Waals surface area contributed by atoms with Crippen LogP contribution in [0.1, 0.15) is 26.3 Å². The second-order valence-electron chi connectivity index (χ2n) is 4.97. The maximum Gasteiger partial charge on any atom is 0.323 e. The van der Waals surface area contributed by atoms with Crippen molar-refractivity contribution in [2.75, 3.05) is 0 Å². The van der Waals surface area contributed by atoms with Gasteiger partial charge < -0.3 is 10.5 Å². The van der Waals surface area contributed by atoms with Gasteiger partial charge in [-0.3, -0.25) is 4.79 Å². The third-order valence-electron chi connectivity index (χ3n) is 2.05. The van der Waals surface area contributed by atoms with Crippen LogP contribution in [0.25, 0.3) is 0 Å². The van der Waals surface area contributed by atoms with E-state index in [-0.39, 0.29) is 0 Å². The third kappa shape index (κ3) is 5.20. The zero-order chi connectivity index (χ0) is 13.1. The Morgan fingerprint density at radius 3 is 2.65 bits per heavy atom. The summed E-state index contributed by atoms with van der Waals surface area (Å²) in [6.07, 6.45) is 0.426. The molecular formula is C13H18ClNO2. The van der Waals surface area contributed by atoms with Crippen LogP contribution in [0.4, 0.5) is 0 Å². The van der Waals surface area contributed by atoms with E-state index in [1.807, 2.05) is 32.9 Å². The molecule has 0 saturated carbocycles. The molecule has 2 N–H and O–H groups in total. The lowest BCUT2D eigenvalue weighted by molar-refractivity contribution is -0.156. The Hall–Kier alpha value is -1.06. The number of hydrogen-bond acceptors (Lipinski definition) is 3. The van der Waals surface area contributed by atoms with Crippen LogP contribution in [0.2, 0.25) is 5.02 Å². The Bertz CT molecular complexity index is 399. The lowest BCUT2D eigenvalue weighted by Gasteiger charge is -2.22. The number of carbonyl (C=O) groups is 1. The molecule has 1 aromatic rings. The van der Waals surface area contributed by atoms with E-state index in [0.717, 1.165) is 5.56 Å². The van der Waals surface area contributed by atoms with Crippen LogP contribution in [0.3, 0.4) is 0 Å². The standard InChI is InChI=1S/C13H18ClNO2/c1-13(2,3)17-12(16)11(15)8-9-5-4-6-10(14)7-9/h4-7,11H,8,15H2,1-3H3/t11-/m0/s1. The van der Waals surface area contributed by atoms with Crippen molar-refractivity contribution in [2.45, 2.75) is 38.8 Å². The highest BCUT2D eigenvalue weighted by Gasteiger charge is 2.22. The monoisotopic (exact) mass is 255 g/mol. The minimum atomic E-state index is -0.660. The molecule has 0 bridgehead atoms.